The van der Waals surface area contributed by atoms with E-state index in [1.165, 1.54) is 19.3 Å². The molecule has 23 heavy (non-hydrogen) atoms. The molecular weight excluding hydrogens is 296 g/mol. The first-order chi connectivity index (χ1) is 11.1. The molecule has 0 aromatic heterocycles. The molecule has 3 unspecified atom stereocenters. The van der Waals surface area contributed by atoms with Crippen LogP contribution in [0.15, 0.2) is 0 Å². The standard InChI is InChI=1S/C18H32O5/c1-3-5-8-14(4-2)13-22-11-12-23-18(21)16-10-7-6-9-15(16)17(19)20/h14-16H,3-13H2,1-2H3,(H,19,20). The number of esters is 1. The summed E-state index contributed by atoms with van der Waals surface area (Å²) in [6.07, 6.45) is 7.65. The summed E-state index contributed by atoms with van der Waals surface area (Å²) >= 11 is 0. The van der Waals surface area contributed by atoms with Gasteiger partial charge in [-0.2, -0.15) is 0 Å². The first-order valence-electron chi connectivity index (χ1n) is 9.07. The highest BCUT2D eigenvalue weighted by molar-refractivity contribution is 5.81. The molecular formula is C18H32O5. The smallest absolute Gasteiger partial charge is 0.309 e. The van der Waals surface area contributed by atoms with Gasteiger partial charge in [0.15, 0.2) is 0 Å². The zero-order valence-corrected chi connectivity index (χ0v) is 14.6. The highest BCUT2D eigenvalue weighted by Gasteiger charge is 2.36. The maximum atomic E-state index is 12.1. The Morgan fingerprint density at radius 3 is 2.43 bits per heavy atom. The first-order valence-corrected chi connectivity index (χ1v) is 9.07. The van der Waals surface area contributed by atoms with Crippen LogP contribution in [0.1, 0.15) is 65.2 Å². The molecule has 0 saturated heterocycles. The van der Waals surface area contributed by atoms with Crippen molar-refractivity contribution in [3.05, 3.63) is 0 Å². The zero-order chi connectivity index (χ0) is 17.1. The topological polar surface area (TPSA) is 72.8 Å². The molecule has 1 N–H and O–H groups in total. The van der Waals surface area contributed by atoms with Gasteiger partial charge in [0, 0.05) is 6.61 Å². The van der Waals surface area contributed by atoms with Crippen LogP contribution < -0.4 is 0 Å². The van der Waals surface area contributed by atoms with E-state index in [4.69, 9.17) is 9.47 Å². The minimum absolute atomic E-state index is 0.214. The van der Waals surface area contributed by atoms with Gasteiger partial charge >= 0.3 is 11.9 Å². The number of rotatable bonds is 11. The van der Waals surface area contributed by atoms with Gasteiger partial charge in [-0.15, -0.1) is 0 Å². The molecule has 5 nitrogen and oxygen atoms in total. The van der Waals surface area contributed by atoms with Crippen LogP contribution in [0, 0.1) is 17.8 Å². The summed E-state index contributed by atoms with van der Waals surface area (Å²) in [5.41, 5.74) is 0. The molecule has 3 atom stereocenters. The van der Waals surface area contributed by atoms with Gasteiger partial charge in [-0.1, -0.05) is 46.0 Å². The van der Waals surface area contributed by atoms with Gasteiger partial charge in [0.05, 0.1) is 18.4 Å². The molecule has 1 aliphatic carbocycles. The SMILES string of the molecule is CCCCC(CC)COCCOC(=O)C1CCCCC1C(=O)O. The van der Waals surface area contributed by atoms with E-state index in [1.807, 2.05) is 0 Å². The van der Waals surface area contributed by atoms with Crippen molar-refractivity contribution in [2.24, 2.45) is 17.8 Å². The number of hydrogen-bond acceptors (Lipinski definition) is 4. The summed E-state index contributed by atoms with van der Waals surface area (Å²) in [5.74, 6) is -1.77. The van der Waals surface area contributed by atoms with Crippen LogP contribution >= 0.6 is 0 Å². The van der Waals surface area contributed by atoms with Crippen molar-refractivity contribution < 1.29 is 24.2 Å². The molecule has 0 spiro atoms. The van der Waals surface area contributed by atoms with E-state index in [9.17, 15) is 14.7 Å². The molecule has 0 aromatic carbocycles. The second-order valence-corrected chi connectivity index (χ2v) is 6.49. The average molecular weight is 328 g/mol. The second-order valence-electron chi connectivity index (χ2n) is 6.49. The summed E-state index contributed by atoms with van der Waals surface area (Å²) in [5, 5.41) is 9.19. The number of aliphatic carboxylic acids is 1. The van der Waals surface area contributed by atoms with Gasteiger partial charge in [-0.3, -0.25) is 9.59 Å². The van der Waals surface area contributed by atoms with Crippen LogP contribution in [-0.2, 0) is 19.1 Å². The van der Waals surface area contributed by atoms with Crippen LogP contribution in [0.2, 0.25) is 0 Å². The lowest BCUT2D eigenvalue weighted by molar-refractivity contribution is -0.160. The summed E-state index contributed by atoms with van der Waals surface area (Å²) in [6.45, 7) is 5.65. The molecule has 0 heterocycles. The Labute approximate surface area is 139 Å². The first kappa shape index (κ1) is 19.9. The van der Waals surface area contributed by atoms with Crippen LogP contribution in [0.3, 0.4) is 0 Å². The fourth-order valence-corrected chi connectivity index (χ4v) is 3.16. The largest absolute Gasteiger partial charge is 0.481 e. The van der Waals surface area contributed by atoms with E-state index in [-0.39, 0.29) is 12.6 Å². The third-order valence-electron chi connectivity index (χ3n) is 4.75. The molecule has 0 aliphatic heterocycles. The second kappa shape index (κ2) is 11.4. The van der Waals surface area contributed by atoms with Crippen molar-refractivity contribution in [2.75, 3.05) is 19.8 Å². The van der Waals surface area contributed by atoms with Crippen molar-refractivity contribution >= 4 is 11.9 Å². The van der Waals surface area contributed by atoms with Crippen molar-refractivity contribution in [2.45, 2.75) is 65.2 Å². The van der Waals surface area contributed by atoms with E-state index < -0.39 is 17.8 Å². The number of hydrogen-bond donors (Lipinski definition) is 1. The molecule has 134 valence electrons. The normalized spacial score (nSPS) is 22.5. The lowest BCUT2D eigenvalue weighted by Gasteiger charge is -2.26. The third-order valence-corrected chi connectivity index (χ3v) is 4.75. The number of carboxylic acids is 1. The molecule has 0 radical (unpaired) electrons. The average Bonchev–Trinajstić information content (AvgIpc) is 2.57. The van der Waals surface area contributed by atoms with Crippen LogP contribution in [-0.4, -0.2) is 36.9 Å². The minimum atomic E-state index is -0.885. The van der Waals surface area contributed by atoms with Crippen molar-refractivity contribution in [3.63, 3.8) is 0 Å². The van der Waals surface area contributed by atoms with E-state index in [2.05, 4.69) is 13.8 Å². The minimum Gasteiger partial charge on any atom is -0.481 e. The maximum Gasteiger partial charge on any atom is 0.309 e. The van der Waals surface area contributed by atoms with Gasteiger partial charge < -0.3 is 14.6 Å². The predicted molar refractivity (Wildman–Crippen MR) is 88.2 cm³/mol. The number of carbonyl (C=O) groups is 2. The van der Waals surface area contributed by atoms with Gasteiger partial charge in [0.2, 0.25) is 0 Å². The molecule has 1 rings (SSSR count). The van der Waals surface area contributed by atoms with E-state index in [0.717, 1.165) is 19.3 Å². The van der Waals surface area contributed by atoms with E-state index in [1.54, 1.807) is 0 Å². The summed E-state index contributed by atoms with van der Waals surface area (Å²) < 4.78 is 10.8. The van der Waals surface area contributed by atoms with Crippen LogP contribution in [0.25, 0.3) is 0 Å². The fourth-order valence-electron chi connectivity index (χ4n) is 3.16. The molecule has 1 fully saturated rings. The molecule has 5 heteroatoms. The third kappa shape index (κ3) is 7.34. The van der Waals surface area contributed by atoms with Gasteiger partial charge in [0.25, 0.3) is 0 Å². The van der Waals surface area contributed by atoms with E-state index >= 15 is 0 Å². The molecule has 0 aromatic rings. The van der Waals surface area contributed by atoms with Crippen LogP contribution in [0.4, 0.5) is 0 Å². The van der Waals surface area contributed by atoms with Crippen molar-refractivity contribution in [1.82, 2.24) is 0 Å². The van der Waals surface area contributed by atoms with Crippen molar-refractivity contribution in [3.8, 4) is 0 Å². The van der Waals surface area contributed by atoms with Crippen LogP contribution in [0.5, 0.6) is 0 Å². The number of unbranched alkanes of at least 4 members (excludes halogenated alkanes) is 1. The molecule has 1 saturated carbocycles. The zero-order valence-electron chi connectivity index (χ0n) is 14.6. The quantitative estimate of drug-likeness (QED) is 0.463. The highest BCUT2D eigenvalue weighted by Crippen LogP contribution is 2.31. The molecule has 1 aliphatic rings. The monoisotopic (exact) mass is 328 g/mol. The Kier molecular flexibility index (Phi) is 9.92. The van der Waals surface area contributed by atoms with E-state index in [0.29, 0.717) is 32.0 Å². The van der Waals surface area contributed by atoms with Gasteiger partial charge in [-0.25, -0.2) is 0 Å². The Bertz CT molecular complexity index is 355. The Morgan fingerprint density at radius 2 is 1.83 bits per heavy atom. The summed E-state index contributed by atoms with van der Waals surface area (Å²) in [4.78, 5) is 23.3. The lowest BCUT2D eigenvalue weighted by atomic mass is 9.79. The number of carbonyl (C=O) groups excluding carboxylic acids is 1. The molecule has 0 amide bonds. The van der Waals surface area contributed by atoms with Gasteiger partial charge in [0.1, 0.15) is 6.61 Å². The number of carboxylic acid groups (broad SMARTS) is 1. The predicted octanol–water partition coefficient (Wildman–Crippen LogP) is 3.65. The van der Waals surface area contributed by atoms with Crippen molar-refractivity contribution in [1.29, 1.82) is 0 Å². The Morgan fingerprint density at radius 1 is 1.13 bits per heavy atom. The Hall–Kier alpha value is -1.10. The molecule has 0 bridgehead atoms. The fraction of sp³-hybridized carbons (Fsp3) is 0.889. The summed E-state index contributed by atoms with van der Waals surface area (Å²) in [7, 11) is 0. The highest BCUT2D eigenvalue weighted by atomic mass is 16.6. The van der Waals surface area contributed by atoms with Gasteiger partial charge in [-0.05, 0) is 25.2 Å². The Balaban J connectivity index is 2.21. The lowest BCUT2D eigenvalue weighted by Crippen LogP contribution is -2.34. The summed E-state index contributed by atoms with van der Waals surface area (Å²) in [6, 6.07) is 0. The number of ether oxygens (including phenoxy) is 2. The maximum absolute atomic E-state index is 12.1.